The molecule has 0 fully saturated rings. The van der Waals surface area contributed by atoms with E-state index in [-0.39, 0.29) is 16.9 Å². The van der Waals surface area contributed by atoms with Crippen LogP contribution in [0.15, 0.2) is 54.1 Å². The molecule has 2 aromatic carbocycles. The van der Waals surface area contributed by atoms with E-state index >= 15 is 0 Å². The number of anilines is 1. The van der Waals surface area contributed by atoms with Gasteiger partial charge in [-0.15, -0.1) is 0 Å². The minimum absolute atomic E-state index is 0.0316. The van der Waals surface area contributed by atoms with E-state index in [1.165, 1.54) is 64.4 Å². The number of hydroxylamine groups is 1. The molecule has 0 aliphatic carbocycles. The molecule has 2 aromatic rings. The van der Waals surface area contributed by atoms with E-state index in [1.54, 1.807) is 0 Å². The zero-order chi connectivity index (χ0) is 52.2. The molecule has 29 heteroatoms. The maximum Gasteiger partial charge on any atom is 0.460 e. The predicted octanol–water partition coefficient (Wildman–Crippen LogP) is 12.3. The van der Waals surface area contributed by atoms with Gasteiger partial charge < -0.3 is 18.6 Å². The topological polar surface area (TPSA) is 115 Å². The number of ether oxygens (including phenoxy) is 3. The molecule has 0 aliphatic rings. The maximum atomic E-state index is 15.0. The SMILES string of the molecule is CO[C@H](/C(C)=C/C(=O)NO)[C@H](OC(=O)Nc1ccc(F)cc1F)c1ccc(OCCO[Si](CCC(F)(F)C(F)(F)C(F)(F)C(F)(F)C(F)(F)C(F)(F)C(F)(F)C(F)(F)F)(C(C)C)C(C)C)cc1. The van der Waals surface area contributed by atoms with Crippen LogP contribution in [0.3, 0.4) is 0 Å². The van der Waals surface area contributed by atoms with E-state index in [9.17, 15) is 93.0 Å². The molecule has 0 radical (unpaired) electrons. The van der Waals surface area contributed by atoms with Crippen molar-refractivity contribution in [2.75, 3.05) is 25.6 Å². The van der Waals surface area contributed by atoms with Crippen molar-refractivity contribution in [2.45, 2.75) is 118 Å². The summed E-state index contributed by atoms with van der Waals surface area (Å²) >= 11 is 0. The van der Waals surface area contributed by atoms with Gasteiger partial charge in [0.15, 0.2) is 14.4 Å². The van der Waals surface area contributed by atoms with Crippen LogP contribution in [0.25, 0.3) is 0 Å². The summed E-state index contributed by atoms with van der Waals surface area (Å²) in [6.07, 6.45) is -13.7. The molecule has 0 bridgehead atoms. The lowest BCUT2D eigenvalue weighted by Gasteiger charge is -2.44. The van der Waals surface area contributed by atoms with E-state index in [2.05, 4.69) is 5.32 Å². The lowest BCUT2D eigenvalue weighted by atomic mass is 9.88. The first-order valence-corrected chi connectivity index (χ1v) is 21.2. The van der Waals surface area contributed by atoms with Crippen LogP contribution in [0, 0.1) is 11.6 Å². The Kier molecular flexibility index (Phi) is 18.4. The van der Waals surface area contributed by atoms with E-state index in [0.717, 1.165) is 25.3 Å². The summed E-state index contributed by atoms with van der Waals surface area (Å²) in [5.74, 6) is -60.3. The van der Waals surface area contributed by atoms with Crippen LogP contribution in [-0.2, 0) is 18.7 Å². The molecule has 0 aliphatic heterocycles. The van der Waals surface area contributed by atoms with Crippen molar-refractivity contribution in [1.82, 2.24) is 5.48 Å². The van der Waals surface area contributed by atoms with Gasteiger partial charge in [0, 0.05) is 25.7 Å². The first-order chi connectivity index (χ1) is 30.3. The van der Waals surface area contributed by atoms with Crippen LogP contribution in [0.5, 0.6) is 5.75 Å². The largest absolute Gasteiger partial charge is 0.491 e. The minimum atomic E-state index is -8.73. The van der Waals surface area contributed by atoms with Crippen molar-refractivity contribution in [3.05, 3.63) is 71.3 Å². The number of benzene rings is 2. The molecule has 2 amide bonds. The zero-order valence-corrected chi connectivity index (χ0v) is 36.3. The molecule has 0 aromatic heterocycles. The second-order valence-corrected chi connectivity index (χ2v) is 20.3. The molecule has 2 rings (SSSR count). The Morgan fingerprint density at radius 3 is 1.66 bits per heavy atom. The van der Waals surface area contributed by atoms with Crippen molar-refractivity contribution < 1.29 is 117 Å². The average Bonchev–Trinajstić information content (AvgIpc) is 3.20. The number of methoxy groups -OCH3 is 1. The fourth-order valence-electron chi connectivity index (χ4n) is 6.52. The third-order valence-corrected chi connectivity index (χ3v) is 16.0. The van der Waals surface area contributed by atoms with Crippen molar-refractivity contribution in [2.24, 2.45) is 0 Å². The number of nitrogens with one attached hydrogen (secondary N) is 2. The summed E-state index contributed by atoms with van der Waals surface area (Å²) in [6.45, 7) is 5.25. The van der Waals surface area contributed by atoms with Gasteiger partial charge in [0.1, 0.15) is 30.1 Å². The summed E-state index contributed by atoms with van der Waals surface area (Å²) in [5.41, 5.74) is -0.927. The molecular weight excluding hydrogens is 985 g/mol. The van der Waals surface area contributed by atoms with Crippen LogP contribution in [0.1, 0.15) is 52.7 Å². The molecule has 2 atom stereocenters. The van der Waals surface area contributed by atoms with Gasteiger partial charge in [-0.1, -0.05) is 39.8 Å². The molecule has 382 valence electrons. The quantitative estimate of drug-likeness (QED) is 0.0254. The fourth-order valence-corrected chi connectivity index (χ4v) is 11.0. The summed E-state index contributed by atoms with van der Waals surface area (Å²) < 4.78 is 286. The number of hydrogen-bond acceptors (Lipinski definition) is 7. The molecule has 0 saturated heterocycles. The van der Waals surface area contributed by atoms with Gasteiger partial charge >= 0.3 is 53.7 Å². The zero-order valence-electron chi connectivity index (χ0n) is 35.3. The highest BCUT2D eigenvalue weighted by molar-refractivity contribution is 6.76. The van der Waals surface area contributed by atoms with Crippen LogP contribution >= 0.6 is 0 Å². The monoisotopic (exact) mass is 1030 g/mol. The third kappa shape index (κ3) is 11.7. The first kappa shape index (κ1) is 58.6. The highest BCUT2D eigenvalue weighted by Crippen LogP contribution is 2.64. The number of amides is 2. The van der Waals surface area contributed by atoms with E-state index in [4.69, 9.17) is 23.8 Å². The normalized spacial score (nSPS) is 15.1. The van der Waals surface area contributed by atoms with E-state index in [0.29, 0.717) is 6.07 Å². The Bertz CT molecular complexity index is 2030. The average molecular weight is 1030 g/mol. The van der Waals surface area contributed by atoms with Crippen molar-refractivity contribution in [1.29, 1.82) is 0 Å². The van der Waals surface area contributed by atoms with Crippen LogP contribution < -0.4 is 15.5 Å². The lowest BCUT2D eigenvalue weighted by Crippen LogP contribution is -2.74. The highest BCUT2D eigenvalue weighted by Gasteiger charge is 2.95. The van der Waals surface area contributed by atoms with Gasteiger partial charge in [-0.25, -0.2) is 19.1 Å². The van der Waals surface area contributed by atoms with Gasteiger partial charge in [-0.05, 0) is 59.5 Å². The Labute approximate surface area is 369 Å². The standard InChI is InChI=1S/C38H41F19N2O7Si/c1-19(2)67(20(3)4,16-13-31(41,42)32(43,44)33(45,46)34(47,48)35(49,50)36(51,52)37(53,54)38(55,56)57)65-15-14-64-24-10-7-22(8-11-24)29(28(63-6)21(5)17-27(60)59-62)66-30(61)58-26-12-9-23(39)18-25(26)40/h7-12,17-20,28-29,62H,13-16H2,1-6H3,(H,58,61)(H,59,60)/b21-17+/t28-,29-/m1/s1. The number of carbonyl (C=O) groups is 2. The second-order valence-electron chi connectivity index (χ2n) is 15.3. The number of halogens is 19. The van der Waals surface area contributed by atoms with Crippen molar-refractivity contribution in [3.8, 4) is 5.75 Å². The Hall–Kier alpha value is -4.51. The van der Waals surface area contributed by atoms with Crippen LogP contribution in [-0.4, -0.2) is 99.6 Å². The third-order valence-electron chi connectivity index (χ3n) is 10.4. The van der Waals surface area contributed by atoms with Gasteiger partial charge in [-0.2, -0.15) is 74.6 Å². The van der Waals surface area contributed by atoms with E-state index in [1.807, 2.05) is 0 Å². The highest BCUT2D eigenvalue weighted by atomic mass is 28.4. The van der Waals surface area contributed by atoms with Crippen LogP contribution in [0.2, 0.25) is 17.1 Å². The Morgan fingerprint density at radius 1 is 0.716 bits per heavy atom. The summed E-state index contributed by atoms with van der Waals surface area (Å²) in [6, 6.07) is 5.75. The van der Waals surface area contributed by atoms with E-state index < -0.39 is 134 Å². The number of hydrogen-bond donors (Lipinski definition) is 3. The molecule has 67 heavy (non-hydrogen) atoms. The molecule has 3 N–H and O–H groups in total. The van der Waals surface area contributed by atoms with Crippen molar-refractivity contribution in [3.63, 3.8) is 0 Å². The lowest BCUT2D eigenvalue weighted by molar-refractivity contribution is -0.461. The summed E-state index contributed by atoms with van der Waals surface area (Å²) in [5, 5.41) is 11.0. The molecule has 0 spiro atoms. The smallest absolute Gasteiger partial charge is 0.460 e. The Morgan fingerprint density at radius 2 is 1.21 bits per heavy atom. The van der Waals surface area contributed by atoms with Crippen LogP contribution in [0.4, 0.5) is 93.9 Å². The Balaban J connectivity index is 2.36. The van der Waals surface area contributed by atoms with Gasteiger partial charge in [0.05, 0.1) is 12.3 Å². The van der Waals surface area contributed by atoms with Gasteiger partial charge in [-0.3, -0.25) is 15.3 Å². The number of carbonyl (C=O) groups excluding carboxylic acids is 2. The van der Waals surface area contributed by atoms with Crippen molar-refractivity contribution >= 4 is 26.0 Å². The molecule has 0 unspecified atom stereocenters. The number of rotatable bonds is 23. The molecule has 0 saturated carbocycles. The summed E-state index contributed by atoms with van der Waals surface area (Å²) in [4.78, 5) is 24.7. The predicted molar refractivity (Wildman–Crippen MR) is 198 cm³/mol. The van der Waals surface area contributed by atoms with Gasteiger partial charge in [0.25, 0.3) is 5.91 Å². The maximum absolute atomic E-state index is 15.0. The fraction of sp³-hybridized carbons (Fsp3) is 0.579. The minimum Gasteiger partial charge on any atom is -0.491 e. The molecular formula is C38H41F19N2O7Si. The van der Waals surface area contributed by atoms with Gasteiger partial charge in [0.2, 0.25) is 0 Å². The molecule has 9 nitrogen and oxygen atoms in total. The number of alkyl halides is 17. The molecule has 0 heterocycles. The second kappa shape index (κ2) is 21.0. The summed E-state index contributed by atoms with van der Waals surface area (Å²) in [7, 11) is -2.96. The first-order valence-electron chi connectivity index (χ1n) is 18.9.